The molecule has 3 aromatic carbocycles. The SMILES string of the molecule is O=C(NC1N=C(c2ccccc2)c2ccccc2N(Cc2ccccn2)C1=O)N1CCC(N2Cc3ccccc3NC2=O)CC1. The molecular weight excluding hydrogens is 566 g/mol. The molecule has 4 aromatic rings. The maximum atomic E-state index is 14.2. The monoisotopic (exact) mass is 599 g/mol. The number of aliphatic imine (C=N–C) groups is 1. The third-order valence-electron chi connectivity index (χ3n) is 8.61. The van der Waals surface area contributed by atoms with E-state index in [0.29, 0.717) is 43.9 Å². The van der Waals surface area contributed by atoms with Crippen molar-refractivity contribution in [3.05, 3.63) is 126 Å². The summed E-state index contributed by atoms with van der Waals surface area (Å²) in [6.45, 7) is 1.68. The number of benzene rings is 3. The van der Waals surface area contributed by atoms with E-state index in [-0.39, 0.29) is 30.6 Å². The highest BCUT2D eigenvalue weighted by Gasteiger charge is 2.36. The number of para-hydroxylation sites is 2. The maximum Gasteiger partial charge on any atom is 0.322 e. The second-order valence-corrected chi connectivity index (χ2v) is 11.4. The van der Waals surface area contributed by atoms with Crippen LogP contribution in [0.3, 0.4) is 0 Å². The van der Waals surface area contributed by atoms with E-state index in [2.05, 4.69) is 15.6 Å². The van der Waals surface area contributed by atoms with E-state index in [1.54, 1.807) is 16.0 Å². The Morgan fingerprint density at radius 3 is 2.40 bits per heavy atom. The number of hydrogen-bond acceptors (Lipinski definition) is 5. The Kier molecular flexibility index (Phi) is 7.69. The molecule has 10 nitrogen and oxygen atoms in total. The first-order chi connectivity index (χ1) is 22.0. The zero-order chi connectivity index (χ0) is 30.8. The van der Waals surface area contributed by atoms with Crippen LogP contribution >= 0.6 is 0 Å². The maximum absolute atomic E-state index is 14.2. The van der Waals surface area contributed by atoms with E-state index in [1.807, 2.05) is 102 Å². The standard InChI is InChI=1S/C35H33N7O3/c43-33-32(39-34(44)40-20-17-27(18-21-40)41-22-25-12-4-6-15-29(25)37-35(41)45)38-31(24-10-2-1-3-11-24)28-14-5-7-16-30(28)42(33)23-26-13-8-9-19-36-26/h1-16,19,27,32H,17-18,20-23H2,(H,37,45)(H,39,44). The van der Waals surface area contributed by atoms with Crippen LogP contribution in [-0.2, 0) is 17.9 Å². The molecule has 0 aliphatic carbocycles. The Labute approximate surface area is 261 Å². The largest absolute Gasteiger partial charge is 0.325 e. The van der Waals surface area contributed by atoms with Crippen molar-refractivity contribution in [2.45, 2.75) is 38.1 Å². The molecule has 7 rings (SSSR count). The van der Waals surface area contributed by atoms with Gasteiger partial charge in [-0.2, -0.15) is 0 Å². The van der Waals surface area contributed by atoms with E-state index in [0.717, 1.165) is 28.1 Å². The molecule has 1 aromatic heterocycles. The van der Waals surface area contributed by atoms with Gasteiger partial charge in [0, 0.05) is 48.7 Å². The summed E-state index contributed by atoms with van der Waals surface area (Å²) in [5.41, 5.74) is 5.62. The molecule has 0 bridgehead atoms. The number of anilines is 2. The van der Waals surface area contributed by atoms with Gasteiger partial charge in [0.2, 0.25) is 6.17 Å². The van der Waals surface area contributed by atoms with Crippen LogP contribution in [0.15, 0.2) is 108 Å². The third-order valence-corrected chi connectivity index (χ3v) is 8.61. The highest BCUT2D eigenvalue weighted by atomic mass is 16.2. The third kappa shape index (κ3) is 5.74. The smallest absolute Gasteiger partial charge is 0.322 e. The highest BCUT2D eigenvalue weighted by molar-refractivity contribution is 6.20. The van der Waals surface area contributed by atoms with Gasteiger partial charge in [-0.1, -0.05) is 72.8 Å². The van der Waals surface area contributed by atoms with Crippen LogP contribution in [0, 0.1) is 0 Å². The molecule has 0 spiro atoms. The molecule has 3 aliphatic heterocycles. The Morgan fingerprint density at radius 1 is 0.867 bits per heavy atom. The summed E-state index contributed by atoms with van der Waals surface area (Å²) < 4.78 is 0. The summed E-state index contributed by atoms with van der Waals surface area (Å²) in [7, 11) is 0. The summed E-state index contributed by atoms with van der Waals surface area (Å²) in [5.74, 6) is -0.342. The minimum absolute atomic E-state index is 0.00739. The number of amides is 5. The Bertz CT molecular complexity index is 1750. The van der Waals surface area contributed by atoms with Crippen molar-refractivity contribution in [1.29, 1.82) is 0 Å². The van der Waals surface area contributed by atoms with Gasteiger partial charge < -0.3 is 25.3 Å². The Morgan fingerprint density at radius 2 is 1.60 bits per heavy atom. The molecule has 45 heavy (non-hydrogen) atoms. The van der Waals surface area contributed by atoms with Gasteiger partial charge >= 0.3 is 12.1 Å². The first-order valence-electron chi connectivity index (χ1n) is 15.2. The van der Waals surface area contributed by atoms with Crippen LogP contribution in [-0.4, -0.2) is 63.8 Å². The van der Waals surface area contributed by atoms with Gasteiger partial charge in [-0.3, -0.25) is 9.78 Å². The molecule has 3 aliphatic rings. The molecule has 1 saturated heterocycles. The number of carbonyl (C=O) groups excluding carboxylic acids is 3. The van der Waals surface area contributed by atoms with Crippen LogP contribution in [0.25, 0.3) is 0 Å². The minimum Gasteiger partial charge on any atom is -0.325 e. The second-order valence-electron chi connectivity index (χ2n) is 11.4. The second kappa shape index (κ2) is 12.2. The molecule has 10 heteroatoms. The fraction of sp³-hybridized carbons (Fsp3) is 0.229. The number of rotatable bonds is 5. The lowest BCUT2D eigenvalue weighted by Crippen LogP contribution is -2.55. The molecule has 226 valence electrons. The predicted octanol–water partition coefficient (Wildman–Crippen LogP) is 5.01. The number of benzodiazepines with no additional fused rings is 1. The van der Waals surface area contributed by atoms with Gasteiger partial charge in [0.15, 0.2) is 0 Å². The Hall–Kier alpha value is -5.51. The molecule has 1 atom stereocenters. The molecule has 2 N–H and O–H groups in total. The van der Waals surface area contributed by atoms with Crippen molar-refractivity contribution >= 4 is 35.1 Å². The zero-order valence-corrected chi connectivity index (χ0v) is 24.7. The predicted molar refractivity (Wildman–Crippen MR) is 172 cm³/mol. The van der Waals surface area contributed by atoms with Crippen LogP contribution < -0.4 is 15.5 Å². The number of pyridine rings is 1. The van der Waals surface area contributed by atoms with Gasteiger partial charge in [-0.05, 0) is 42.7 Å². The number of urea groups is 2. The summed E-state index contributed by atoms with van der Waals surface area (Å²) in [6, 6.07) is 30.3. The van der Waals surface area contributed by atoms with Crippen LogP contribution in [0.5, 0.6) is 0 Å². The molecule has 4 heterocycles. The van der Waals surface area contributed by atoms with Gasteiger partial charge in [-0.25, -0.2) is 14.6 Å². The van der Waals surface area contributed by atoms with E-state index in [1.165, 1.54) is 0 Å². The quantitative estimate of drug-likeness (QED) is 0.336. The van der Waals surface area contributed by atoms with E-state index >= 15 is 0 Å². The molecule has 1 fully saturated rings. The zero-order valence-electron chi connectivity index (χ0n) is 24.7. The van der Waals surface area contributed by atoms with Gasteiger partial charge in [0.25, 0.3) is 5.91 Å². The number of carbonyl (C=O) groups is 3. The highest BCUT2D eigenvalue weighted by Crippen LogP contribution is 2.30. The van der Waals surface area contributed by atoms with E-state index < -0.39 is 6.17 Å². The van der Waals surface area contributed by atoms with Crippen molar-refractivity contribution in [1.82, 2.24) is 20.1 Å². The van der Waals surface area contributed by atoms with Crippen molar-refractivity contribution in [3.8, 4) is 0 Å². The number of hydrogen-bond donors (Lipinski definition) is 2. The number of fused-ring (bicyclic) bond motifs is 2. The van der Waals surface area contributed by atoms with Crippen molar-refractivity contribution in [2.75, 3.05) is 23.3 Å². The molecular formula is C35H33N7O3. The summed E-state index contributed by atoms with van der Waals surface area (Å²) >= 11 is 0. The molecule has 0 saturated carbocycles. The van der Waals surface area contributed by atoms with Gasteiger partial charge in [0.1, 0.15) is 0 Å². The summed E-state index contributed by atoms with van der Waals surface area (Å²) in [6.07, 6.45) is 1.82. The topological polar surface area (TPSA) is 110 Å². The normalized spacial score (nSPS) is 18.4. The number of likely N-dealkylation sites (tertiary alicyclic amines) is 1. The number of nitrogens with zero attached hydrogens (tertiary/aromatic N) is 5. The Balaban J connectivity index is 1.12. The minimum atomic E-state index is -1.15. The van der Waals surface area contributed by atoms with Crippen LogP contribution in [0.1, 0.15) is 35.2 Å². The average molecular weight is 600 g/mol. The average Bonchev–Trinajstić information content (AvgIpc) is 3.20. The lowest BCUT2D eigenvalue weighted by Gasteiger charge is -2.40. The number of aromatic nitrogens is 1. The lowest BCUT2D eigenvalue weighted by molar-refractivity contribution is -0.120. The van der Waals surface area contributed by atoms with Crippen molar-refractivity contribution in [2.24, 2.45) is 4.99 Å². The fourth-order valence-corrected chi connectivity index (χ4v) is 6.27. The molecule has 0 radical (unpaired) electrons. The summed E-state index contributed by atoms with van der Waals surface area (Å²) in [5, 5.41) is 5.93. The first kappa shape index (κ1) is 28.3. The van der Waals surface area contributed by atoms with Gasteiger partial charge in [0.05, 0.1) is 23.6 Å². The fourth-order valence-electron chi connectivity index (χ4n) is 6.27. The van der Waals surface area contributed by atoms with E-state index in [9.17, 15) is 14.4 Å². The molecule has 1 unspecified atom stereocenters. The van der Waals surface area contributed by atoms with Crippen LogP contribution in [0.2, 0.25) is 0 Å². The first-order valence-corrected chi connectivity index (χ1v) is 15.2. The van der Waals surface area contributed by atoms with Gasteiger partial charge in [-0.15, -0.1) is 0 Å². The van der Waals surface area contributed by atoms with Crippen molar-refractivity contribution < 1.29 is 14.4 Å². The van der Waals surface area contributed by atoms with Crippen molar-refractivity contribution in [3.63, 3.8) is 0 Å². The summed E-state index contributed by atoms with van der Waals surface area (Å²) in [4.78, 5) is 55.3. The number of nitrogens with one attached hydrogen (secondary N) is 2. The van der Waals surface area contributed by atoms with E-state index in [4.69, 9.17) is 4.99 Å². The molecule has 5 amide bonds. The lowest BCUT2D eigenvalue weighted by atomic mass is 10.00. The number of piperidine rings is 1. The van der Waals surface area contributed by atoms with Crippen LogP contribution in [0.4, 0.5) is 21.0 Å².